The van der Waals surface area contributed by atoms with Crippen molar-refractivity contribution in [1.29, 1.82) is 0 Å². The van der Waals surface area contributed by atoms with Crippen LogP contribution < -0.4 is 0 Å². The van der Waals surface area contributed by atoms with Crippen molar-refractivity contribution in [2.45, 2.75) is 65.5 Å². The van der Waals surface area contributed by atoms with Crippen molar-refractivity contribution in [3.05, 3.63) is 12.7 Å². The summed E-state index contributed by atoms with van der Waals surface area (Å²) in [7, 11) is 0. The van der Waals surface area contributed by atoms with Gasteiger partial charge in [-0.25, -0.2) is 4.79 Å². The van der Waals surface area contributed by atoms with Crippen LogP contribution in [0.25, 0.3) is 0 Å². The summed E-state index contributed by atoms with van der Waals surface area (Å²) in [6, 6.07) is 0.0809. The number of amides is 1. The molecular weight excluding hydrogens is 282 g/mol. The average molecular weight is 311 g/mol. The zero-order valence-corrected chi connectivity index (χ0v) is 14.5. The number of rotatable bonds is 4. The monoisotopic (exact) mass is 311 g/mol. The maximum absolute atomic E-state index is 12.5. The van der Waals surface area contributed by atoms with Gasteiger partial charge in [0.05, 0.1) is 6.61 Å². The fourth-order valence-electron chi connectivity index (χ4n) is 2.74. The van der Waals surface area contributed by atoms with Gasteiger partial charge < -0.3 is 14.4 Å². The van der Waals surface area contributed by atoms with Crippen LogP contribution in [0.4, 0.5) is 4.79 Å². The third kappa shape index (κ3) is 4.24. The van der Waals surface area contributed by atoms with Crippen LogP contribution >= 0.6 is 0 Å². The first-order valence-electron chi connectivity index (χ1n) is 7.99. The van der Waals surface area contributed by atoms with Crippen molar-refractivity contribution < 1.29 is 19.1 Å². The Hall–Kier alpha value is -1.52. The highest BCUT2D eigenvalue weighted by atomic mass is 16.6. The van der Waals surface area contributed by atoms with Crippen LogP contribution in [0.15, 0.2) is 12.7 Å². The Morgan fingerprint density at radius 3 is 2.45 bits per heavy atom. The molecule has 5 nitrogen and oxygen atoms in total. The van der Waals surface area contributed by atoms with Gasteiger partial charge in [0, 0.05) is 12.6 Å². The first-order chi connectivity index (χ1) is 10.2. The molecule has 1 aliphatic rings. The Bertz CT molecular complexity index is 427. The average Bonchev–Trinajstić information content (AvgIpc) is 2.45. The predicted octanol–water partition coefficient (Wildman–Crippen LogP) is 3.53. The van der Waals surface area contributed by atoms with E-state index in [1.54, 1.807) is 17.9 Å². The lowest BCUT2D eigenvalue weighted by atomic mass is 9.77. The molecule has 1 amide bonds. The molecule has 22 heavy (non-hydrogen) atoms. The second kappa shape index (κ2) is 7.16. The van der Waals surface area contributed by atoms with Crippen LogP contribution in [0.5, 0.6) is 0 Å². The summed E-state index contributed by atoms with van der Waals surface area (Å²) < 4.78 is 10.7. The molecule has 0 spiro atoms. The van der Waals surface area contributed by atoms with Gasteiger partial charge in [0.2, 0.25) is 0 Å². The number of likely N-dealkylation sites (tertiary alicyclic amines) is 1. The number of carbonyl (C=O) groups excluding carboxylic acids is 2. The topological polar surface area (TPSA) is 55.8 Å². The second-order valence-electron chi connectivity index (χ2n) is 6.79. The van der Waals surface area contributed by atoms with Gasteiger partial charge >= 0.3 is 12.1 Å². The molecule has 0 radical (unpaired) electrons. The van der Waals surface area contributed by atoms with Crippen molar-refractivity contribution in [3.63, 3.8) is 0 Å². The van der Waals surface area contributed by atoms with Gasteiger partial charge in [-0.05, 0) is 47.0 Å². The molecule has 0 bridgehead atoms. The van der Waals surface area contributed by atoms with E-state index in [1.807, 2.05) is 27.7 Å². The van der Waals surface area contributed by atoms with Crippen LogP contribution in [0.1, 0.15) is 53.9 Å². The minimum absolute atomic E-state index is 0.0809. The van der Waals surface area contributed by atoms with Gasteiger partial charge in [-0.2, -0.15) is 0 Å². The fourth-order valence-corrected chi connectivity index (χ4v) is 2.74. The summed E-state index contributed by atoms with van der Waals surface area (Å²) >= 11 is 0. The van der Waals surface area contributed by atoms with Gasteiger partial charge in [0.25, 0.3) is 0 Å². The van der Waals surface area contributed by atoms with Crippen molar-refractivity contribution in [1.82, 2.24) is 4.90 Å². The minimum Gasteiger partial charge on any atom is -0.465 e. The first-order valence-corrected chi connectivity index (χ1v) is 7.99. The van der Waals surface area contributed by atoms with E-state index < -0.39 is 11.0 Å². The highest BCUT2D eigenvalue weighted by Crippen LogP contribution is 2.37. The van der Waals surface area contributed by atoms with Crippen LogP contribution in [0, 0.1) is 5.41 Å². The maximum Gasteiger partial charge on any atom is 0.410 e. The van der Waals surface area contributed by atoms with Crippen molar-refractivity contribution in [3.8, 4) is 0 Å². The van der Waals surface area contributed by atoms with E-state index in [-0.39, 0.29) is 24.6 Å². The van der Waals surface area contributed by atoms with E-state index >= 15 is 0 Å². The molecule has 1 unspecified atom stereocenters. The third-order valence-electron chi connectivity index (χ3n) is 3.99. The van der Waals surface area contributed by atoms with Gasteiger partial charge in [0.15, 0.2) is 0 Å². The number of hydrogen-bond acceptors (Lipinski definition) is 4. The second-order valence-corrected chi connectivity index (χ2v) is 6.79. The SMILES string of the molecule is C=C[C@]1(C(=O)OCC)CCC(CC)N(C(=O)OC(C)(C)C)C1. The lowest BCUT2D eigenvalue weighted by Crippen LogP contribution is -2.54. The van der Waals surface area contributed by atoms with Crippen LogP contribution in [-0.2, 0) is 14.3 Å². The summed E-state index contributed by atoms with van der Waals surface area (Å²) in [5, 5.41) is 0. The number of ether oxygens (including phenoxy) is 2. The molecule has 5 heteroatoms. The quantitative estimate of drug-likeness (QED) is 0.589. The molecule has 0 aromatic carbocycles. The lowest BCUT2D eigenvalue weighted by Gasteiger charge is -2.44. The zero-order valence-electron chi connectivity index (χ0n) is 14.5. The van der Waals surface area contributed by atoms with Gasteiger partial charge in [0.1, 0.15) is 11.0 Å². The maximum atomic E-state index is 12.5. The molecule has 1 rings (SSSR count). The molecule has 0 aliphatic carbocycles. The molecule has 1 saturated heterocycles. The Morgan fingerprint density at radius 2 is 2.00 bits per heavy atom. The van der Waals surface area contributed by atoms with Crippen molar-refractivity contribution >= 4 is 12.1 Å². The Kier molecular flexibility index (Phi) is 6.03. The summed E-state index contributed by atoms with van der Waals surface area (Å²) in [5.74, 6) is -0.312. The van der Waals surface area contributed by atoms with Gasteiger partial charge in [-0.1, -0.05) is 13.0 Å². The summed E-state index contributed by atoms with van der Waals surface area (Å²) in [6.45, 7) is 13.7. The van der Waals surface area contributed by atoms with E-state index in [9.17, 15) is 9.59 Å². The predicted molar refractivity (Wildman–Crippen MR) is 85.5 cm³/mol. The number of hydrogen-bond donors (Lipinski definition) is 0. The van der Waals surface area contributed by atoms with Crippen LogP contribution in [0.3, 0.4) is 0 Å². The third-order valence-corrected chi connectivity index (χ3v) is 3.99. The standard InChI is InChI=1S/C17H29NO4/c1-7-13-10-11-17(8-2,14(19)21-9-3)12-18(13)15(20)22-16(4,5)6/h8,13H,2,7,9-12H2,1,3-6H3/t13?,17-/m0/s1. The van der Waals surface area contributed by atoms with Crippen molar-refractivity contribution in [2.24, 2.45) is 5.41 Å². The molecule has 1 heterocycles. The largest absolute Gasteiger partial charge is 0.465 e. The number of nitrogens with zero attached hydrogens (tertiary/aromatic N) is 1. The Balaban J connectivity index is 2.99. The number of carbonyl (C=O) groups is 2. The summed E-state index contributed by atoms with van der Waals surface area (Å²) in [5.41, 5.74) is -1.40. The molecule has 126 valence electrons. The molecular formula is C17H29NO4. The molecule has 1 aliphatic heterocycles. The normalized spacial score (nSPS) is 25.5. The van der Waals surface area contributed by atoms with Gasteiger partial charge in [-0.15, -0.1) is 6.58 Å². The van der Waals surface area contributed by atoms with E-state index in [1.165, 1.54) is 0 Å². The molecule has 0 saturated carbocycles. The molecule has 1 fully saturated rings. The van der Waals surface area contributed by atoms with Crippen molar-refractivity contribution in [2.75, 3.05) is 13.2 Å². The van der Waals surface area contributed by atoms with Crippen LogP contribution in [-0.4, -0.2) is 41.8 Å². The fraction of sp³-hybridized carbons (Fsp3) is 0.765. The van der Waals surface area contributed by atoms with E-state index in [4.69, 9.17) is 9.47 Å². The first kappa shape index (κ1) is 18.5. The minimum atomic E-state index is -0.835. The Labute approximate surface area is 133 Å². The van der Waals surface area contributed by atoms with E-state index in [0.717, 1.165) is 12.8 Å². The number of esters is 1. The zero-order chi connectivity index (χ0) is 17.0. The molecule has 2 atom stereocenters. The molecule has 0 N–H and O–H groups in total. The van der Waals surface area contributed by atoms with E-state index in [2.05, 4.69) is 6.58 Å². The lowest BCUT2D eigenvalue weighted by molar-refractivity contribution is -0.155. The smallest absolute Gasteiger partial charge is 0.410 e. The Morgan fingerprint density at radius 1 is 1.36 bits per heavy atom. The summed E-state index contributed by atoms with van der Waals surface area (Å²) in [4.78, 5) is 26.5. The molecule has 0 aromatic rings. The number of piperidine rings is 1. The molecule has 0 aromatic heterocycles. The van der Waals surface area contributed by atoms with Gasteiger partial charge in [-0.3, -0.25) is 4.79 Å². The van der Waals surface area contributed by atoms with Crippen LogP contribution in [0.2, 0.25) is 0 Å². The highest BCUT2D eigenvalue weighted by Gasteiger charge is 2.46. The summed E-state index contributed by atoms with van der Waals surface area (Å²) in [6.07, 6.45) is 3.45. The van der Waals surface area contributed by atoms with E-state index in [0.29, 0.717) is 13.0 Å². The highest BCUT2D eigenvalue weighted by molar-refractivity contribution is 5.81.